The highest BCUT2D eigenvalue weighted by molar-refractivity contribution is 6.05. The maximum absolute atomic E-state index is 12.8. The van der Waals surface area contributed by atoms with Gasteiger partial charge in [-0.1, -0.05) is 42.5 Å². The van der Waals surface area contributed by atoms with Crippen LogP contribution < -0.4 is 10.6 Å². The van der Waals surface area contributed by atoms with Crippen LogP contribution in [0.25, 0.3) is 11.1 Å². The van der Waals surface area contributed by atoms with E-state index in [-0.39, 0.29) is 16.9 Å². The van der Waals surface area contributed by atoms with Crippen molar-refractivity contribution in [3.8, 4) is 11.1 Å². The van der Waals surface area contributed by atoms with Crippen LogP contribution in [0, 0.1) is 0 Å². The Morgan fingerprint density at radius 2 is 1.52 bits per heavy atom. The lowest BCUT2D eigenvalue weighted by molar-refractivity contribution is -0.137. The molecule has 0 unspecified atom stereocenters. The second-order valence-corrected chi connectivity index (χ2v) is 6.09. The van der Waals surface area contributed by atoms with Crippen LogP contribution in [-0.4, -0.2) is 17.1 Å². The molecule has 0 aliphatic heterocycles. The van der Waals surface area contributed by atoms with E-state index in [0.717, 1.165) is 23.8 Å². The third kappa shape index (κ3) is 4.92. The van der Waals surface area contributed by atoms with Gasteiger partial charge in [0.25, 0.3) is 0 Å². The van der Waals surface area contributed by atoms with Gasteiger partial charge in [0.1, 0.15) is 0 Å². The van der Waals surface area contributed by atoms with Crippen molar-refractivity contribution in [2.24, 2.45) is 0 Å². The average Bonchev–Trinajstić information content (AvgIpc) is 2.68. The van der Waals surface area contributed by atoms with Crippen molar-refractivity contribution >= 4 is 23.4 Å². The maximum atomic E-state index is 12.8. The van der Waals surface area contributed by atoms with Crippen molar-refractivity contribution in [1.82, 2.24) is 0 Å². The summed E-state index contributed by atoms with van der Waals surface area (Å²) in [5.74, 6) is -1.25. The molecule has 0 fully saturated rings. The third-order valence-corrected chi connectivity index (χ3v) is 4.05. The maximum Gasteiger partial charge on any atom is 0.416 e. The Bertz CT molecular complexity index is 1050. The number of aromatic carboxylic acids is 1. The van der Waals surface area contributed by atoms with Crippen LogP contribution in [0.5, 0.6) is 0 Å². The van der Waals surface area contributed by atoms with Crippen LogP contribution in [-0.2, 0) is 6.18 Å². The lowest BCUT2D eigenvalue weighted by atomic mass is 10.0. The molecule has 0 spiro atoms. The van der Waals surface area contributed by atoms with Crippen molar-refractivity contribution in [1.29, 1.82) is 0 Å². The zero-order chi connectivity index (χ0) is 21.0. The Labute approximate surface area is 163 Å². The number of carboxylic acids is 1. The highest BCUT2D eigenvalue weighted by Crippen LogP contribution is 2.31. The standard InChI is InChI=1S/C21H15F3N2O3/c22-21(23,24)15-7-4-8-16(12-15)25-20(29)26-18-10-9-14(11-17(18)19(27)28)13-5-2-1-3-6-13/h1-12H,(H,27,28)(H2,25,26,29). The molecule has 5 nitrogen and oxygen atoms in total. The quantitative estimate of drug-likeness (QED) is 0.525. The van der Waals surface area contributed by atoms with E-state index in [1.54, 1.807) is 6.07 Å². The first-order valence-electron chi connectivity index (χ1n) is 8.42. The van der Waals surface area contributed by atoms with Gasteiger partial charge in [-0.05, 0) is 41.5 Å². The minimum absolute atomic E-state index is 0.0154. The molecule has 0 saturated heterocycles. The van der Waals surface area contributed by atoms with Crippen molar-refractivity contribution in [2.75, 3.05) is 10.6 Å². The van der Waals surface area contributed by atoms with Gasteiger partial charge in [-0.2, -0.15) is 13.2 Å². The zero-order valence-corrected chi connectivity index (χ0v) is 14.8. The number of urea groups is 1. The highest BCUT2D eigenvalue weighted by Gasteiger charge is 2.30. The number of hydrogen-bond acceptors (Lipinski definition) is 2. The van der Waals surface area contributed by atoms with Gasteiger partial charge in [0.05, 0.1) is 16.8 Å². The molecule has 148 valence electrons. The van der Waals surface area contributed by atoms with Crippen molar-refractivity contribution in [3.05, 3.63) is 83.9 Å². The summed E-state index contributed by atoms with van der Waals surface area (Å²) in [6.45, 7) is 0. The number of nitrogens with one attached hydrogen (secondary N) is 2. The van der Waals surface area contributed by atoms with Crippen LogP contribution >= 0.6 is 0 Å². The average molecular weight is 400 g/mol. The number of hydrogen-bond donors (Lipinski definition) is 3. The van der Waals surface area contributed by atoms with Crippen LogP contribution in [0.3, 0.4) is 0 Å². The van der Waals surface area contributed by atoms with Gasteiger partial charge < -0.3 is 15.7 Å². The van der Waals surface area contributed by atoms with Crippen LogP contribution in [0.15, 0.2) is 72.8 Å². The minimum atomic E-state index is -4.54. The van der Waals surface area contributed by atoms with Crippen LogP contribution in [0.1, 0.15) is 15.9 Å². The molecule has 0 bridgehead atoms. The Morgan fingerprint density at radius 1 is 0.793 bits per heavy atom. The number of benzene rings is 3. The van der Waals surface area contributed by atoms with Gasteiger partial charge in [-0.15, -0.1) is 0 Å². The van der Waals surface area contributed by atoms with Crippen LogP contribution in [0.2, 0.25) is 0 Å². The normalized spacial score (nSPS) is 11.0. The summed E-state index contributed by atoms with van der Waals surface area (Å²) >= 11 is 0. The molecular formula is C21H15F3N2O3. The number of rotatable bonds is 4. The first-order chi connectivity index (χ1) is 13.7. The van der Waals surface area contributed by atoms with E-state index in [0.29, 0.717) is 5.56 Å². The van der Waals surface area contributed by atoms with Gasteiger partial charge >= 0.3 is 18.2 Å². The predicted molar refractivity (Wildman–Crippen MR) is 103 cm³/mol. The molecule has 29 heavy (non-hydrogen) atoms. The van der Waals surface area contributed by atoms with Gasteiger partial charge in [-0.25, -0.2) is 9.59 Å². The summed E-state index contributed by atoms with van der Waals surface area (Å²) in [6, 6.07) is 16.8. The summed E-state index contributed by atoms with van der Waals surface area (Å²) < 4.78 is 38.3. The second kappa shape index (κ2) is 8.05. The molecule has 3 aromatic rings. The molecule has 0 aliphatic rings. The Balaban J connectivity index is 1.81. The van der Waals surface area contributed by atoms with Gasteiger partial charge in [0, 0.05) is 5.69 Å². The van der Waals surface area contributed by atoms with E-state index in [2.05, 4.69) is 10.6 Å². The molecule has 8 heteroatoms. The third-order valence-electron chi connectivity index (χ3n) is 4.05. The number of amides is 2. The second-order valence-electron chi connectivity index (χ2n) is 6.09. The van der Waals surface area contributed by atoms with E-state index in [1.165, 1.54) is 18.2 Å². The largest absolute Gasteiger partial charge is 0.478 e. The fraction of sp³-hybridized carbons (Fsp3) is 0.0476. The van der Waals surface area contributed by atoms with Gasteiger partial charge in [0.2, 0.25) is 0 Å². The first-order valence-corrected chi connectivity index (χ1v) is 8.42. The SMILES string of the molecule is O=C(Nc1cccc(C(F)(F)F)c1)Nc1ccc(-c2ccccc2)cc1C(=O)O. The molecule has 3 aromatic carbocycles. The summed E-state index contributed by atoms with van der Waals surface area (Å²) in [7, 11) is 0. The van der Waals surface area contributed by atoms with Crippen LogP contribution in [0.4, 0.5) is 29.3 Å². The number of carboxylic acid groups (broad SMARTS) is 1. The van der Waals surface area contributed by atoms with Gasteiger partial charge in [0.15, 0.2) is 0 Å². The Hall–Kier alpha value is -3.81. The van der Waals surface area contributed by atoms with Crippen molar-refractivity contribution < 1.29 is 27.9 Å². The molecular weight excluding hydrogens is 385 g/mol. The van der Waals surface area contributed by atoms with E-state index in [9.17, 15) is 27.9 Å². The molecule has 3 rings (SSSR count). The molecule has 0 heterocycles. The first kappa shape index (κ1) is 19.9. The highest BCUT2D eigenvalue weighted by atomic mass is 19.4. The number of carbonyl (C=O) groups excluding carboxylic acids is 1. The van der Waals surface area contributed by atoms with E-state index < -0.39 is 23.7 Å². The Kier molecular flexibility index (Phi) is 5.54. The number of halogens is 3. The summed E-state index contributed by atoms with van der Waals surface area (Å²) in [5, 5.41) is 14.1. The van der Waals surface area contributed by atoms with Gasteiger partial charge in [-0.3, -0.25) is 0 Å². The lowest BCUT2D eigenvalue weighted by Gasteiger charge is -2.13. The summed E-state index contributed by atoms with van der Waals surface area (Å²) in [5.41, 5.74) is 0.331. The smallest absolute Gasteiger partial charge is 0.416 e. The molecule has 0 aromatic heterocycles. The Morgan fingerprint density at radius 3 is 2.17 bits per heavy atom. The van der Waals surface area contributed by atoms with E-state index >= 15 is 0 Å². The summed E-state index contributed by atoms with van der Waals surface area (Å²) in [4.78, 5) is 23.8. The molecule has 2 amide bonds. The zero-order valence-electron chi connectivity index (χ0n) is 14.8. The van der Waals surface area contributed by atoms with E-state index in [1.807, 2.05) is 30.3 Å². The topological polar surface area (TPSA) is 78.4 Å². The monoisotopic (exact) mass is 400 g/mol. The van der Waals surface area contributed by atoms with Crippen molar-refractivity contribution in [3.63, 3.8) is 0 Å². The minimum Gasteiger partial charge on any atom is -0.478 e. The van der Waals surface area contributed by atoms with E-state index in [4.69, 9.17) is 0 Å². The predicted octanol–water partition coefficient (Wildman–Crippen LogP) is 5.71. The molecule has 0 atom stereocenters. The lowest BCUT2D eigenvalue weighted by Crippen LogP contribution is -2.21. The fourth-order valence-electron chi connectivity index (χ4n) is 2.70. The number of anilines is 2. The molecule has 0 aliphatic carbocycles. The fourth-order valence-corrected chi connectivity index (χ4v) is 2.70. The summed E-state index contributed by atoms with van der Waals surface area (Å²) in [6.07, 6.45) is -4.54. The van der Waals surface area contributed by atoms with Crippen molar-refractivity contribution in [2.45, 2.75) is 6.18 Å². The molecule has 0 saturated carbocycles. The number of carbonyl (C=O) groups is 2. The molecule has 3 N–H and O–H groups in total. The number of alkyl halides is 3. The molecule has 0 radical (unpaired) electrons.